The lowest BCUT2D eigenvalue weighted by molar-refractivity contribution is -0.165. The minimum absolute atomic E-state index is 0.0757. The maximum Gasteiger partial charge on any atom is 0.408 e. The van der Waals surface area contributed by atoms with Crippen molar-refractivity contribution in [1.82, 2.24) is 10.2 Å². The molecule has 0 saturated carbocycles. The van der Waals surface area contributed by atoms with Crippen molar-refractivity contribution in [2.75, 3.05) is 6.61 Å². The fraction of sp³-hybridized carbons (Fsp3) is 0.893. The zero-order valence-corrected chi connectivity index (χ0v) is 26.3. The summed E-state index contributed by atoms with van der Waals surface area (Å²) in [5.41, 5.74) is -1.32. The lowest BCUT2D eigenvalue weighted by atomic mass is 9.89. The van der Waals surface area contributed by atoms with Gasteiger partial charge < -0.3 is 24.1 Å². The zero-order chi connectivity index (χ0) is 28.6. The number of esters is 1. The van der Waals surface area contributed by atoms with E-state index >= 15 is 0 Å². The van der Waals surface area contributed by atoms with E-state index in [4.69, 9.17) is 13.9 Å². The van der Waals surface area contributed by atoms with Gasteiger partial charge in [-0.3, -0.25) is 4.79 Å². The van der Waals surface area contributed by atoms with E-state index in [1.807, 2.05) is 20.8 Å². The van der Waals surface area contributed by atoms with Crippen LogP contribution in [-0.4, -0.2) is 67.1 Å². The van der Waals surface area contributed by atoms with Crippen molar-refractivity contribution in [2.45, 2.75) is 142 Å². The van der Waals surface area contributed by atoms with Gasteiger partial charge in [0.1, 0.15) is 23.3 Å². The zero-order valence-electron chi connectivity index (χ0n) is 25.3. The van der Waals surface area contributed by atoms with Gasteiger partial charge in [0.15, 0.2) is 8.32 Å². The highest BCUT2D eigenvalue weighted by molar-refractivity contribution is 6.74. The average molecular weight is 541 g/mol. The maximum atomic E-state index is 13.6. The monoisotopic (exact) mass is 540 g/mol. The lowest BCUT2D eigenvalue weighted by Crippen LogP contribution is -2.59. The topological polar surface area (TPSA) is 94.2 Å². The largest absolute Gasteiger partial charge is 0.458 e. The van der Waals surface area contributed by atoms with Gasteiger partial charge in [-0.2, -0.15) is 0 Å². The summed E-state index contributed by atoms with van der Waals surface area (Å²) >= 11 is 0. The second-order valence-corrected chi connectivity index (χ2v) is 18.8. The molecule has 2 heterocycles. The molecule has 9 heteroatoms. The molecular formula is C28H52N2O6Si. The van der Waals surface area contributed by atoms with Gasteiger partial charge in [-0.05, 0) is 97.2 Å². The molecular weight excluding hydrogens is 488 g/mol. The van der Waals surface area contributed by atoms with E-state index in [-0.39, 0.29) is 28.9 Å². The Morgan fingerprint density at radius 1 is 1.00 bits per heavy atom. The molecule has 2 fully saturated rings. The summed E-state index contributed by atoms with van der Waals surface area (Å²) in [6, 6.07) is -1.46. The molecule has 2 saturated heterocycles. The van der Waals surface area contributed by atoms with Crippen LogP contribution in [0.2, 0.25) is 18.1 Å². The minimum Gasteiger partial charge on any atom is -0.458 e. The number of hydrogen-bond acceptors (Lipinski definition) is 6. The van der Waals surface area contributed by atoms with E-state index in [0.717, 1.165) is 6.42 Å². The summed E-state index contributed by atoms with van der Waals surface area (Å²) in [4.78, 5) is 40.9. The van der Waals surface area contributed by atoms with E-state index < -0.39 is 37.7 Å². The van der Waals surface area contributed by atoms with Crippen LogP contribution in [0.1, 0.15) is 94.9 Å². The standard InChI is InChI=1S/C28H52N2O6Si/c1-18(2)28(9,10)37(11,12)34-16-15-19-17-22(24(32)35-26(3,4)5)30-21(19)14-13-20(23(30)31)29-25(33)36-27(6,7)8/h18-22H,13-17H2,1-12H3,(H,29,33)/t19-,20-,21+,22-/m0/s1. The quantitative estimate of drug-likeness (QED) is 0.316. The van der Waals surface area contributed by atoms with Crippen molar-refractivity contribution in [3.8, 4) is 0 Å². The van der Waals surface area contributed by atoms with Crippen molar-refractivity contribution in [1.29, 1.82) is 0 Å². The van der Waals surface area contributed by atoms with Crippen molar-refractivity contribution < 1.29 is 28.3 Å². The Kier molecular flexibility index (Phi) is 9.60. The van der Waals surface area contributed by atoms with Crippen LogP contribution in [0, 0.1) is 11.8 Å². The number of rotatable bonds is 8. The van der Waals surface area contributed by atoms with Gasteiger partial charge in [0.05, 0.1) is 0 Å². The van der Waals surface area contributed by atoms with Gasteiger partial charge in [0.25, 0.3) is 0 Å². The van der Waals surface area contributed by atoms with Crippen LogP contribution in [0.3, 0.4) is 0 Å². The van der Waals surface area contributed by atoms with Crippen LogP contribution in [0.5, 0.6) is 0 Å². The van der Waals surface area contributed by atoms with Gasteiger partial charge in [0.2, 0.25) is 5.91 Å². The Hall–Kier alpha value is -1.61. The smallest absolute Gasteiger partial charge is 0.408 e. The number of hydrogen-bond donors (Lipinski definition) is 1. The molecule has 0 aromatic heterocycles. The van der Waals surface area contributed by atoms with Crippen LogP contribution in [0.25, 0.3) is 0 Å². The van der Waals surface area contributed by atoms with Gasteiger partial charge in [0, 0.05) is 12.6 Å². The molecule has 8 nitrogen and oxygen atoms in total. The number of ether oxygens (including phenoxy) is 2. The average Bonchev–Trinajstić information content (AvgIpc) is 3.06. The Morgan fingerprint density at radius 3 is 2.08 bits per heavy atom. The Labute approximate surface area is 225 Å². The summed E-state index contributed by atoms with van der Waals surface area (Å²) in [6.45, 7) is 25.1. The molecule has 0 radical (unpaired) electrons. The van der Waals surface area contributed by atoms with E-state index in [1.165, 1.54) is 0 Å². The Balaban J connectivity index is 2.18. The van der Waals surface area contributed by atoms with E-state index in [9.17, 15) is 14.4 Å². The molecule has 2 aliphatic heterocycles. The number of alkyl carbamates (subject to hydrolysis) is 1. The molecule has 4 atom stereocenters. The molecule has 0 aliphatic carbocycles. The molecule has 0 bridgehead atoms. The number of nitrogens with zero attached hydrogens (tertiary/aromatic N) is 1. The maximum absolute atomic E-state index is 13.6. The SMILES string of the molecule is CC(C)C(C)(C)[Si](C)(C)OCC[C@H]1C[C@@H](C(=O)OC(C)(C)C)N2C(=O)[C@@H](NC(=O)OC(C)(C)C)CC[C@H]12. The number of fused-ring (bicyclic) bond motifs is 1. The first-order chi connectivity index (χ1) is 16.7. The Morgan fingerprint density at radius 2 is 1.57 bits per heavy atom. The second kappa shape index (κ2) is 11.2. The van der Waals surface area contributed by atoms with Crippen LogP contribution in [0.15, 0.2) is 0 Å². The van der Waals surface area contributed by atoms with Gasteiger partial charge in [-0.15, -0.1) is 0 Å². The van der Waals surface area contributed by atoms with Gasteiger partial charge in [-0.1, -0.05) is 27.7 Å². The van der Waals surface area contributed by atoms with Crippen molar-refractivity contribution in [3.05, 3.63) is 0 Å². The third-order valence-corrected chi connectivity index (χ3v) is 13.0. The molecule has 37 heavy (non-hydrogen) atoms. The second-order valence-electron chi connectivity index (χ2n) is 14.2. The molecule has 2 aliphatic rings. The molecule has 0 unspecified atom stereocenters. The lowest BCUT2D eigenvalue weighted by Gasteiger charge is -2.43. The van der Waals surface area contributed by atoms with Gasteiger partial charge in [-0.25, -0.2) is 9.59 Å². The molecule has 1 N–H and O–H groups in total. The number of piperidine rings is 1. The highest BCUT2D eigenvalue weighted by atomic mass is 28.4. The fourth-order valence-corrected chi connectivity index (χ4v) is 7.56. The number of carbonyl (C=O) groups is 3. The molecule has 2 amide bonds. The van der Waals surface area contributed by atoms with Crippen LogP contribution in [-0.2, 0) is 23.5 Å². The summed E-state index contributed by atoms with van der Waals surface area (Å²) < 4.78 is 17.6. The first-order valence-electron chi connectivity index (χ1n) is 13.8. The predicted octanol–water partition coefficient (Wildman–Crippen LogP) is 5.65. The van der Waals surface area contributed by atoms with Crippen LogP contribution < -0.4 is 5.32 Å². The van der Waals surface area contributed by atoms with Gasteiger partial charge >= 0.3 is 12.1 Å². The highest BCUT2D eigenvalue weighted by Gasteiger charge is 2.52. The van der Waals surface area contributed by atoms with E-state index in [1.54, 1.807) is 25.7 Å². The first-order valence-corrected chi connectivity index (χ1v) is 16.8. The van der Waals surface area contributed by atoms with Crippen molar-refractivity contribution in [3.63, 3.8) is 0 Å². The minimum atomic E-state index is -1.98. The first kappa shape index (κ1) is 31.6. The van der Waals surface area contributed by atoms with Crippen molar-refractivity contribution in [2.24, 2.45) is 11.8 Å². The predicted molar refractivity (Wildman–Crippen MR) is 148 cm³/mol. The van der Waals surface area contributed by atoms with Crippen LogP contribution >= 0.6 is 0 Å². The molecule has 214 valence electrons. The highest BCUT2D eigenvalue weighted by Crippen LogP contribution is 2.45. The summed E-state index contributed by atoms with van der Waals surface area (Å²) in [5.74, 6) is 0.0221. The summed E-state index contributed by atoms with van der Waals surface area (Å²) in [6.07, 6.45) is 1.92. The molecule has 0 aromatic rings. The van der Waals surface area contributed by atoms with Crippen LogP contribution in [0.4, 0.5) is 4.79 Å². The summed E-state index contributed by atoms with van der Waals surface area (Å²) in [5, 5.41) is 2.85. The van der Waals surface area contributed by atoms with Crippen molar-refractivity contribution >= 4 is 26.3 Å². The Bertz CT molecular complexity index is 843. The third kappa shape index (κ3) is 7.94. The molecule has 0 spiro atoms. The molecule has 2 rings (SSSR count). The number of amides is 2. The number of carbonyl (C=O) groups excluding carboxylic acids is 3. The number of nitrogens with one attached hydrogen (secondary N) is 1. The van der Waals surface area contributed by atoms with E-state index in [2.05, 4.69) is 46.1 Å². The van der Waals surface area contributed by atoms with E-state index in [0.29, 0.717) is 31.8 Å². The fourth-order valence-electron chi connectivity index (χ4n) is 5.17. The molecule has 0 aromatic carbocycles. The normalized spacial score (nSPS) is 25.2. The summed E-state index contributed by atoms with van der Waals surface area (Å²) in [7, 11) is -1.98. The third-order valence-electron chi connectivity index (χ3n) is 8.38.